The molecule has 0 bridgehead atoms. The monoisotopic (exact) mass is 532 g/mol. The molecule has 0 unspecified atom stereocenters. The molecular weight excluding hydrogens is 504 g/mol. The van der Waals surface area contributed by atoms with Gasteiger partial charge in [0, 0.05) is 32.8 Å². The van der Waals surface area contributed by atoms with Crippen molar-refractivity contribution in [1.82, 2.24) is 10.4 Å². The first-order valence-electron chi connectivity index (χ1n) is 12.3. The fraction of sp³-hybridized carbons (Fsp3) is 0.207. The molecule has 0 aliphatic carbocycles. The van der Waals surface area contributed by atoms with Gasteiger partial charge in [0.25, 0.3) is 5.91 Å². The first-order valence-corrected chi connectivity index (χ1v) is 13.5. The second-order valence-electron chi connectivity index (χ2n) is 8.40. The first-order chi connectivity index (χ1) is 18.1. The second kappa shape index (κ2) is 13.6. The van der Waals surface area contributed by atoms with Crippen molar-refractivity contribution in [3.05, 3.63) is 94.3 Å². The second-order valence-corrected chi connectivity index (χ2v) is 9.69. The Hall–Kier alpha value is -3.68. The van der Waals surface area contributed by atoms with Crippen LogP contribution in [-0.4, -0.2) is 23.7 Å². The number of para-hydroxylation sites is 1. The van der Waals surface area contributed by atoms with Crippen LogP contribution in [0.25, 0.3) is 11.3 Å². The van der Waals surface area contributed by atoms with Crippen LogP contribution < -0.4 is 15.5 Å². The van der Waals surface area contributed by atoms with Crippen molar-refractivity contribution in [2.24, 2.45) is 5.10 Å². The standard InChI is InChI=1S/C29H29ClN4O2S/c1-2-3-4-8-17-36-27-16-15-24(30)18-23(27)19-31-34-28(35)22-13-11-21(12-14-22)26-20-37-29(33-26)32-25-9-6-5-7-10-25/h5-7,9-16,18-20H,2-4,8,17H2,1H3,(H,32,33)(H,34,35)/b31-19+. The Balaban J connectivity index is 1.33. The average molecular weight is 533 g/mol. The molecule has 6 nitrogen and oxygen atoms in total. The van der Waals surface area contributed by atoms with E-state index in [1.165, 1.54) is 24.2 Å². The van der Waals surface area contributed by atoms with Crippen molar-refractivity contribution >= 4 is 45.9 Å². The van der Waals surface area contributed by atoms with E-state index in [0.717, 1.165) is 34.9 Å². The summed E-state index contributed by atoms with van der Waals surface area (Å²) in [6, 6.07) is 22.5. The number of carbonyl (C=O) groups is 1. The van der Waals surface area contributed by atoms with Gasteiger partial charge in [-0.15, -0.1) is 11.3 Å². The van der Waals surface area contributed by atoms with E-state index in [0.29, 0.717) is 28.5 Å². The number of anilines is 2. The summed E-state index contributed by atoms with van der Waals surface area (Å²) < 4.78 is 5.90. The SMILES string of the molecule is CCCCCCOc1ccc(Cl)cc1/C=N/NC(=O)c1ccc(-c2csc(Nc3ccccc3)n2)cc1. The Kier molecular flexibility index (Phi) is 9.68. The maximum atomic E-state index is 12.6. The van der Waals surface area contributed by atoms with Gasteiger partial charge in [0.2, 0.25) is 0 Å². The largest absolute Gasteiger partial charge is 0.493 e. The number of aromatic nitrogens is 1. The van der Waals surface area contributed by atoms with E-state index in [-0.39, 0.29) is 5.91 Å². The Morgan fingerprint density at radius 2 is 1.86 bits per heavy atom. The molecule has 190 valence electrons. The number of hydrogen-bond donors (Lipinski definition) is 2. The lowest BCUT2D eigenvalue weighted by molar-refractivity contribution is 0.0955. The number of amides is 1. The molecule has 1 aromatic heterocycles. The number of nitrogens with one attached hydrogen (secondary N) is 2. The Morgan fingerprint density at radius 1 is 1.05 bits per heavy atom. The lowest BCUT2D eigenvalue weighted by atomic mass is 10.1. The van der Waals surface area contributed by atoms with Gasteiger partial charge in [-0.3, -0.25) is 4.79 Å². The Morgan fingerprint density at radius 3 is 2.65 bits per heavy atom. The van der Waals surface area contributed by atoms with Gasteiger partial charge < -0.3 is 10.1 Å². The highest BCUT2D eigenvalue weighted by Crippen LogP contribution is 2.27. The van der Waals surface area contributed by atoms with Crippen LogP contribution in [0.4, 0.5) is 10.8 Å². The van der Waals surface area contributed by atoms with E-state index in [1.807, 2.05) is 53.9 Å². The molecule has 4 rings (SSSR count). The van der Waals surface area contributed by atoms with Gasteiger partial charge in [-0.2, -0.15) is 5.10 Å². The van der Waals surface area contributed by atoms with Crippen molar-refractivity contribution in [2.75, 3.05) is 11.9 Å². The minimum absolute atomic E-state index is 0.309. The maximum Gasteiger partial charge on any atom is 0.271 e. The minimum atomic E-state index is -0.309. The minimum Gasteiger partial charge on any atom is -0.493 e. The molecule has 8 heteroatoms. The molecule has 3 aromatic carbocycles. The molecule has 0 fully saturated rings. The topological polar surface area (TPSA) is 75.6 Å². The summed E-state index contributed by atoms with van der Waals surface area (Å²) in [6.07, 6.45) is 6.05. The zero-order valence-corrected chi connectivity index (χ0v) is 22.2. The van der Waals surface area contributed by atoms with E-state index < -0.39 is 0 Å². The molecule has 37 heavy (non-hydrogen) atoms. The molecule has 0 saturated carbocycles. The van der Waals surface area contributed by atoms with Crippen molar-refractivity contribution in [3.8, 4) is 17.0 Å². The lowest BCUT2D eigenvalue weighted by Crippen LogP contribution is -2.17. The third-order valence-corrected chi connectivity index (χ3v) is 6.56. The average Bonchev–Trinajstić information content (AvgIpc) is 3.38. The van der Waals surface area contributed by atoms with Crippen molar-refractivity contribution < 1.29 is 9.53 Å². The lowest BCUT2D eigenvalue weighted by Gasteiger charge is -2.09. The normalized spacial score (nSPS) is 11.0. The molecule has 1 amide bonds. The third kappa shape index (κ3) is 7.90. The quantitative estimate of drug-likeness (QED) is 0.110. The van der Waals surface area contributed by atoms with Crippen molar-refractivity contribution in [1.29, 1.82) is 0 Å². The van der Waals surface area contributed by atoms with Crippen LogP contribution >= 0.6 is 22.9 Å². The summed E-state index contributed by atoms with van der Waals surface area (Å²) in [5, 5.41) is 10.8. The van der Waals surface area contributed by atoms with Crippen LogP contribution in [0.5, 0.6) is 5.75 Å². The number of nitrogens with zero attached hydrogens (tertiary/aromatic N) is 2. The molecule has 0 radical (unpaired) electrons. The number of hydrazone groups is 1. The van der Waals surface area contributed by atoms with Gasteiger partial charge in [-0.1, -0.05) is 68.1 Å². The molecule has 2 N–H and O–H groups in total. The number of ether oxygens (including phenoxy) is 1. The smallest absolute Gasteiger partial charge is 0.271 e. The fourth-order valence-corrected chi connectivity index (χ4v) is 4.51. The molecule has 0 spiro atoms. The Bertz CT molecular complexity index is 1320. The van der Waals surface area contributed by atoms with E-state index in [2.05, 4.69) is 27.8 Å². The highest BCUT2D eigenvalue weighted by atomic mass is 35.5. The van der Waals surface area contributed by atoms with E-state index >= 15 is 0 Å². The van der Waals surface area contributed by atoms with Crippen LogP contribution in [0.1, 0.15) is 48.5 Å². The van der Waals surface area contributed by atoms with Crippen LogP contribution in [0.15, 0.2) is 83.3 Å². The van der Waals surface area contributed by atoms with Gasteiger partial charge in [0.05, 0.1) is 18.5 Å². The number of halogens is 1. The molecular formula is C29H29ClN4O2S. The van der Waals surface area contributed by atoms with Gasteiger partial charge in [0.1, 0.15) is 5.75 Å². The first kappa shape index (κ1) is 26.4. The number of carbonyl (C=O) groups excluding carboxylic acids is 1. The molecule has 0 saturated heterocycles. The maximum absolute atomic E-state index is 12.6. The highest BCUT2D eigenvalue weighted by molar-refractivity contribution is 7.14. The van der Waals surface area contributed by atoms with Crippen molar-refractivity contribution in [2.45, 2.75) is 32.6 Å². The summed E-state index contributed by atoms with van der Waals surface area (Å²) in [4.78, 5) is 17.3. The number of thiazole rings is 1. The van der Waals surface area contributed by atoms with Gasteiger partial charge in [-0.05, 0) is 48.9 Å². The van der Waals surface area contributed by atoms with Crippen LogP contribution in [0, 0.1) is 0 Å². The predicted octanol–water partition coefficient (Wildman–Crippen LogP) is 7.93. The van der Waals surface area contributed by atoms with Crippen LogP contribution in [-0.2, 0) is 0 Å². The highest BCUT2D eigenvalue weighted by Gasteiger charge is 2.09. The summed E-state index contributed by atoms with van der Waals surface area (Å²) in [7, 11) is 0. The summed E-state index contributed by atoms with van der Waals surface area (Å²) >= 11 is 7.68. The van der Waals surface area contributed by atoms with E-state index in [1.54, 1.807) is 30.5 Å². The number of unbranched alkanes of at least 4 members (excludes halogenated alkanes) is 3. The summed E-state index contributed by atoms with van der Waals surface area (Å²) in [5.74, 6) is 0.379. The van der Waals surface area contributed by atoms with Crippen LogP contribution in [0.2, 0.25) is 5.02 Å². The van der Waals surface area contributed by atoms with Gasteiger partial charge in [-0.25, -0.2) is 10.4 Å². The zero-order chi connectivity index (χ0) is 25.9. The van der Waals surface area contributed by atoms with Gasteiger partial charge >= 0.3 is 0 Å². The number of benzene rings is 3. The summed E-state index contributed by atoms with van der Waals surface area (Å²) in [6.45, 7) is 2.81. The molecule has 4 aromatic rings. The Labute approximate surface area is 226 Å². The molecule has 0 aliphatic heterocycles. The fourth-order valence-electron chi connectivity index (χ4n) is 3.59. The number of rotatable bonds is 12. The van der Waals surface area contributed by atoms with E-state index in [4.69, 9.17) is 16.3 Å². The number of hydrogen-bond acceptors (Lipinski definition) is 6. The molecule has 0 aliphatic rings. The van der Waals surface area contributed by atoms with Crippen molar-refractivity contribution in [3.63, 3.8) is 0 Å². The van der Waals surface area contributed by atoms with E-state index in [9.17, 15) is 4.79 Å². The summed E-state index contributed by atoms with van der Waals surface area (Å²) in [5.41, 5.74) is 6.54. The zero-order valence-electron chi connectivity index (χ0n) is 20.6. The van der Waals surface area contributed by atoms with Crippen LogP contribution in [0.3, 0.4) is 0 Å². The molecule has 1 heterocycles. The van der Waals surface area contributed by atoms with Gasteiger partial charge in [0.15, 0.2) is 5.13 Å². The molecule has 0 atom stereocenters. The predicted molar refractivity (Wildman–Crippen MR) is 153 cm³/mol. The third-order valence-electron chi connectivity index (χ3n) is 5.57.